The summed E-state index contributed by atoms with van der Waals surface area (Å²) in [6.07, 6.45) is 2.86. The van der Waals surface area contributed by atoms with Crippen LogP contribution in [0.15, 0.2) is 18.3 Å². The van der Waals surface area contributed by atoms with Crippen molar-refractivity contribution in [2.75, 3.05) is 23.7 Å². The van der Waals surface area contributed by atoms with E-state index in [0.29, 0.717) is 10.8 Å². The highest BCUT2D eigenvalue weighted by molar-refractivity contribution is 8.00. The van der Waals surface area contributed by atoms with Crippen molar-refractivity contribution in [2.45, 2.75) is 18.6 Å². The molecule has 0 spiro atoms. The van der Waals surface area contributed by atoms with Crippen LogP contribution in [0.4, 0.5) is 5.82 Å². The van der Waals surface area contributed by atoms with E-state index in [0.717, 1.165) is 18.9 Å². The number of thioether (sulfide) groups is 1. The SMILES string of the molecule is CCC1CN(c2ccc(C#N)cn2)CCS1. The Balaban J connectivity index is 2.08. The maximum Gasteiger partial charge on any atom is 0.128 e. The lowest BCUT2D eigenvalue weighted by molar-refractivity contribution is 0.720. The van der Waals surface area contributed by atoms with Gasteiger partial charge in [0.05, 0.1) is 5.56 Å². The maximum absolute atomic E-state index is 8.71. The summed E-state index contributed by atoms with van der Waals surface area (Å²) in [5, 5.41) is 9.43. The number of pyridine rings is 1. The van der Waals surface area contributed by atoms with Gasteiger partial charge in [-0.25, -0.2) is 4.98 Å². The van der Waals surface area contributed by atoms with Crippen LogP contribution in [0.25, 0.3) is 0 Å². The minimum absolute atomic E-state index is 0.627. The first-order valence-electron chi connectivity index (χ1n) is 5.56. The number of anilines is 1. The second-order valence-corrected chi connectivity index (χ2v) is 5.27. The molecule has 84 valence electrons. The first-order chi connectivity index (χ1) is 7.83. The van der Waals surface area contributed by atoms with E-state index in [9.17, 15) is 0 Å². The molecule has 0 amide bonds. The molecule has 3 nitrogen and oxygen atoms in total. The highest BCUT2D eigenvalue weighted by atomic mass is 32.2. The van der Waals surface area contributed by atoms with Crippen molar-refractivity contribution in [3.8, 4) is 6.07 Å². The molecule has 2 rings (SSSR count). The smallest absolute Gasteiger partial charge is 0.128 e. The van der Waals surface area contributed by atoms with Gasteiger partial charge in [0.1, 0.15) is 11.9 Å². The Kier molecular flexibility index (Phi) is 3.68. The van der Waals surface area contributed by atoms with Crippen molar-refractivity contribution in [1.82, 2.24) is 4.98 Å². The van der Waals surface area contributed by atoms with Crippen molar-refractivity contribution < 1.29 is 0 Å². The van der Waals surface area contributed by atoms with Gasteiger partial charge in [-0.3, -0.25) is 0 Å². The summed E-state index contributed by atoms with van der Waals surface area (Å²) in [7, 11) is 0. The Morgan fingerprint density at radius 1 is 1.62 bits per heavy atom. The van der Waals surface area contributed by atoms with Gasteiger partial charge in [0, 0.05) is 30.3 Å². The summed E-state index contributed by atoms with van der Waals surface area (Å²) in [4.78, 5) is 6.65. The topological polar surface area (TPSA) is 39.9 Å². The monoisotopic (exact) mass is 233 g/mol. The lowest BCUT2D eigenvalue weighted by Gasteiger charge is -2.32. The lowest BCUT2D eigenvalue weighted by Crippen LogP contribution is -2.38. The number of aromatic nitrogens is 1. The molecular weight excluding hydrogens is 218 g/mol. The van der Waals surface area contributed by atoms with Crippen molar-refractivity contribution in [2.24, 2.45) is 0 Å². The van der Waals surface area contributed by atoms with E-state index in [-0.39, 0.29) is 0 Å². The molecule has 0 bridgehead atoms. The molecule has 1 fully saturated rings. The summed E-state index contributed by atoms with van der Waals surface area (Å²) < 4.78 is 0. The van der Waals surface area contributed by atoms with Crippen LogP contribution in [0.3, 0.4) is 0 Å². The van der Waals surface area contributed by atoms with E-state index in [1.54, 1.807) is 6.20 Å². The molecule has 1 aromatic rings. The molecule has 0 aromatic carbocycles. The second kappa shape index (κ2) is 5.22. The van der Waals surface area contributed by atoms with Crippen LogP contribution in [0.5, 0.6) is 0 Å². The fraction of sp³-hybridized carbons (Fsp3) is 0.500. The van der Waals surface area contributed by atoms with Gasteiger partial charge in [0.25, 0.3) is 0 Å². The van der Waals surface area contributed by atoms with E-state index in [1.165, 1.54) is 12.2 Å². The molecule has 1 aromatic heterocycles. The number of nitriles is 1. The summed E-state index contributed by atoms with van der Waals surface area (Å²) >= 11 is 2.05. The number of hydrogen-bond donors (Lipinski definition) is 0. The zero-order valence-corrected chi connectivity index (χ0v) is 10.2. The molecular formula is C12H15N3S. The highest BCUT2D eigenvalue weighted by Crippen LogP contribution is 2.24. The van der Waals surface area contributed by atoms with E-state index in [1.807, 2.05) is 23.9 Å². The molecule has 0 aliphatic carbocycles. The van der Waals surface area contributed by atoms with Crippen LogP contribution in [0.1, 0.15) is 18.9 Å². The van der Waals surface area contributed by atoms with Gasteiger partial charge in [-0.05, 0) is 18.6 Å². The van der Waals surface area contributed by atoms with Crippen molar-refractivity contribution >= 4 is 17.6 Å². The molecule has 1 saturated heterocycles. The Bertz CT molecular complexity index is 382. The molecule has 4 heteroatoms. The first kappa shape index (κ1) is 11.3. The second-order valence-electron chi connectivity index (χ2n) is 3.86. The van der Waals surface area contributed by atoms with Gasteiger partial charge < -0.3 is 4.90 Å². The summed E-state index contributed by atoms with van der Waals surface area (Å²) in [6, 6.07) is 5.88. The van der Waals surface area contributed by atoms with Gasteiger partial charge >= 0.3 is 0 Å². The molecule has 0 radical (unpaired) electrons. The van der Waals surface area contributed by atoms with Crippen LogP contribution in [0.2, 0.25) is 0 Å². The molecule has 1 aliphatic heterocycles. The van der Waals surface area contributed by atoms with E-state index >= 15 is 0 Å². The Morgan fingerprint density at radius 3 is 3.12 bits per heavy atom. The quantitative estimate of drug-likeness (QED) is 0.785. The number of hydrogen-bond acceptors (Lipinski definition) is 4. The van der Waals surface area contributed by atoms with Gasteiger partial charge in [0.15, 0.2) is 0 Å². The lowest BCUT2D eigenvalue weighted by atomic mass is 10.2. The van der Waals surface area contributed by atoms with Crippen molar-refractivity contribution in [1.29, 1.82) is 5.26 Å². The van der Waals surface area contributed by atoms with Gasteiger partial charge in [-0.2, -0.15) is 17.0 Å². The minimum atomic E-state index is 0.627. The molecule has 1 unspecified atom stereocenters. The normalized spacial score (nSPS) is 20.5. The summed E-state index contributed by atoms with van der Waals surface area (Å²) in [5.74, 6) is 2.16. The fourth-order valence-corrected chi connectivity index (χ4v) is 2.99. The van der Waals surface area contributed by atoms with Crippen LogP contribution < -0.4 is 4.90 Å². The Hall–Kier alpha value is -1.21. The third-order valence-corrected chi connectivity index (χ3v) is 4.17. The zero-order valence-electron chi connectivity index (χ0n) is 9.39. The van der Waals surface area contributed by atoms with Crippen LogP contribution in [-0.4, -0.2) is 29.1 Å². The van der Waals surface area contributed by atoms with Gasteiger partial charge in [-0.15, -0.1) is 0 Å². The van der Waals surface area contributed by atoms with Crippen molar-refractivity contribution in [3.63, 3.8) is 0 Å². The number of rotatable bonds is 2. The average molecular weight is 233 g/mol. The van der Waals surface area contributed by atoms with E-state index in [4.69, 9.17) is 5.26 Å². The Labute approximate surface area is 100 Å². The van der Waals surface area contributed by atoms with Crippen LogP contribution in [-0.2, 0) is 0 Å². The molecule has 1 aliphatic rings. The summed E-state index contributed by atoms with van der Waals surface area (Å²) in [5.41, 5.74) is 0.627. The maximum atomic E-state index is 8.71. The average Bonchev–Trinajstić information content (AvgIpc) is 2.39. The van der Waals surface area contributed by atoms with Crippen LogP contribution in [0, 0.1) is 11.3 Å². The number of nitrogens with zero attached hydrogens (tertiary/aromatic N) is 3. The summed E-state index contributed by atoms with van der Waals surface area (Å²) in [6.45, 7) is 4.35. The zero-order chi connectivity index (χ0) is 11.4. The molecule has 1 atom stereocenters. The molecule has 16 heavy (non-hydrogen) atoms. The largest absolute Gasteiger partial charge is 0.355 e. The minimum Gasteiger partial charge on any atom is -0.355 e. The first-order valence-corrected chi connectivity index (χ1v) is 6.61. The Morgan fingerprint density at radius 2 is 2.50 bits per heavy atom. The van der Waals surface area contributed by atoms with E-state index < -0.39 is 0 Å². The standard InChI is InChI=1S/C12H15N3S/c1-2-11-9-15(5-6-16-11)12-4-3-10(7-13)8-14-12/h3-4,8,11H,2,5-6,9H2,1H3. The van der Waals surface area contributed by atoms with Gasteiger partial charge in [-0.1, -0.05) is 6.92 Å². The highest BCUT2D eigenvalue weighted by Gasteiger charge is 2.19. The predicted octanol–water partition coefficient (Wildman–Crippen LogP) is 2.29. The van der Waals surface area contributed by atoms with E-state index in [2.05, 4.69) is 22.9 Å². The van der Waals surface area contributed by atoms with Gasteiger partial charge in [0.2, 0.25) is 0 Å². The fourth-order valence-electron chi connectivity index (χ4n) is 1.81. The van der Waals surface area contributed by atoms with Crippen molar-refractivity contribution in [3.05, 3.63) is 23.9 Å². The molecule has 0 N–H and O–H groups in total. The van der Waals surface area contributed by atoms with Crippen LogP contribution >= 0.6 is 11.8 Å². The molecule has 0 saturated carbocycles. The predicted molar refractivity (Wildman–Crippen MR) is 67.7 cm³/mol. The third kappa shape index (κ3) is 2.48. The molecule has 2 heterocycles. The third-order valence-electron chi connectivity index (χ3n) is 2.80.